The number of furan rings is 1. The maximum Gasteiger partial charge on any atom is 0.191 e. The molecule has 0 aliphatic rings. The Kier molecular flexibility index (Phi) is 13.4. The van der Waals surface area contributed by atoms with Crippen molar-refractivity contribution in [3.8, 4) is 0 Å². The topological polar surface area (TPSA) is 58.8 Å². The molecule has 1 atom stereocenters. The van der Waals surface area contributed by atoms with Gasteiger partial charge in [-0.05, 0) is 38.8 Å². The molecule has 0 spiro atoms. The van der Waals surface area contributed by atoms with Crippen molar-refractivity contribution >= 4 is 29.9 Å². The van der Waals surface area contributed by atoms with Crippen LogP contribution in [0.15, 0.2) is 27.8 Å². The van der Waals surface area contributed by atoms with Gasteiger partial charge in [0.15, 0.2) is 5.96 Å². The Morgan fingerprint density at radius 3 is 2.86 bits per heavy atom. The molecule has 6 heteroatoms. The molecule has 0 fully saturated rings. The van der Waals surface area contributed by atoms with E-state index in [1.165, 1.54) is 0 Å². The largest absolute Gasteiger partial charge is 0.469 e. The van der Waals surface area contributed by atoms with Gasteiger partial charge < -0.3 is 19.8 Å². The van der Waals surface area contributed by atoms with Crippen molar-refractivity contribution in [2.75, 3.05) is 26.3 Å². The Morgan fingerprint density at radius 2 is 2.23 bits per heavy atom. The number of aliphatic imine (C=N–C) groups is 1. The van der Waals surface area contributed by atoms with Gasteiger partial charge in [0.25, 0.3) is 0 Å². The van der Waals surface area contributed by atoms with Crippen LogP contribution in [0, 0.1) is 0 Å². The summed E-state index contributed by atoms with van der Waals surface area (Å²) in [6, 6.07) is 4.31. The number of halogens is 1. The van der Waals surface area contributed by atoms with Crippen molar-refractivity contribution in [1.29, 1.82) is 0 Å². The van der Waals surface area contributed by atoms with Crippen molar-refractivity contribution in [1.82, 2.24) is 10.6 Å². The summed E-state index contributed by atoms with van der Waals surface area (Å²) in [6.45, 7) is 9.44. The highest BCUT2D eigenvalue weighted by Crippen LogP contribution is 1.99. The van der Waals surface area contributed by atoms with Crippen LogP contribution in [0.1, 0.15) is 39.4 Å². The molecular weight excluding hydrogens is 393 g/mol. The highest BCUT2D eigenvalue weighted by atomic mass is 127. The van der Waals surface area contributed by atoms with Crippen molar-refractivity contribution in [2.24, 2.45) is 4.99 Å². The number of rotatable bonds is 10. The van der Waals surface area contributed by atoms with Gasteiger partial charge in [0.05, 0.1) is 6.26 Å². The number of hydrogen-bond donors (Lipinski definition) is 2. The summed E-state index contributed by atoms with van der Waals surface area (Å²) in [5, 5.41) is 6.76. The minimum absolute atomic E-state index is 0. The molecular formula is C16H30IN3O2. The van der Waals surface area contributed by atoms with Crippen LogP contribution in [-0.4, -0.2) is 38.3 Å². The van der Waals surface area contributed by atoms with E-state index in [0.717, 1.165) is 57.3 Å². The van der Waals surface area contributed by atoms with Crippen molar-refractivity contribution < 1.29 is 9.15 Å². The van der Waals surface area contributed by atoms with Crippen LogP contribution < -0.4 is 10.6 Å². The first-order chi connectivity index (χ1) is 10.3. The summed E-state index contributed by atoms with van der Waals surface area (Å²) in [5.41, 5.74) is 0. The molecule has 0 aliphatic carbocycles. The minimum Gasteiger partial charge on any atom is -0.469 e. The van der Waals surface area contributed by atoms with E-state index in [4.69, 9.17) is 9.15 Å². The third kappa shape index (κ3) is 10.0. The first-order valence-corrected chi connectivity index (χ1v) is 7.91. The molecule has 5 nitrogen and oxygen atoms in total. The Labute approximate surface area is 151 Å². The third-order valence-electron chi connectivity index (χ3n) is 3.16. The van der Waals surface area contributed by atoms with E-state index >= 15 is 0 Å². The van der Waals surface area contributed by atoms with E-state index in [-0.39, 0.29) is 24.0 Å². The lowest BCUT2D eigenvalue weighted by Gasteiger charge is -2.16. The highest BCUT2D eigenvalue weighted by molar-refractivity contribution is 14.0. The van der Waals surface area contributed by atoms with Gasteiger partial charge >= 0.3 is 0 Å². The van der Waals surface area contributed by atoms with Crippen LogP contribution in [-0.2, 0) is 11.2 Å². The monoisotopic (exact) mass is 423 g/mol. The SMILES string of the molecule is CCOCCCN=C(NCCc1ccco1)NC(C)CC.I. The van der Waals surface area contributed by atoms with Gasteiger partial charge in [-0.25, -0.2) is 0 Å². The fourth-order valence-corrected chi connectivity index (χ4v) is 1.75. The summed E-state index contributed by atoms with van der Waals surface area (Å²) >= 11 is 0. The predicted octanol–water partition coefficient (Wildman–Crippen LogP) is 3.20. The summed E-state index contributed by atoms with van der Waals surface area (Å²) in [7, 11) is 0. The molecule has 1 aromatic rings. The Bertz CT molecular complexity index is 383. The Morgan fingerprint density at radius 1 is 1.41 bits per heavy atom. The molecule has 1 unspecified atom stereocenters. The van der Waals surface area contributed by atoms with Gasteiger partial charge in [-0.1, -0.05) is 6.92 Å². The van der Waals surface area contributed by atoms with Gasteiger partial charge in [-0.2, -0.15) is 0 Å². The van der Waals surface area contributed by atoms with Crippen molar-refractivity contribution in [3.05, 3.63) is 24.2 Å². The van der Waals surface area contributed by atoms with Crippen LogP contribution in [0.5, 0.6) is 0 Å². The molecule has 0 amide bonds. The molecule has 0 saturated carbocycles. The van der Waals surface area contributed by atoms with Crippen LogP contribution in [0.2, 0.25) is 0 Å². The zero-order chi connectivity index (χ0) is 15.3. The highest BCUT2D eigenvalue weighted by Gasteiger charge is 2.03. The third-order valence-corrected chi connectivity index (χ3v) is 3.16. The minimum atomic E-state index is 0. The van der Waals surface area contributed by atoms with E-state index in [9.17, 15) is 0 Å². The lowest BCUT2D eigenvalue weighted by atomic mass is 10.3. The molecule has 1 rings (SSSR count). The number of nitrogens with one attached hydrogen (secondary N) is 2. The zero-order valence-electron chi connectivity index (χ0n) is 13.9. The smallest absolute Gasteiger partial charge is 0.191 e. The van der Waals surface area contributed by atoms with Crippen LogP contribution in [0.4, 0.5) is 0 Å². The maximum atomic E-state index is 5.33. The number of ether oxygens (including phenoxy) is 1. The van der Waals surface area contributed by atoms with Crippen LogP contribution in [0.25, 0.3) is 0 Å². The van der Waals surface area contributed by atoms with Gasteiger partial charge in [-0.15, -0.1) is 24.0 Å². The molecule has 0 bridgehead atoms. The van der Waals surface area contributed by atoms with Gasteiger partial charge in [0, 0.05) is 38.8 Å². The average molecular weight is 423 g/mol. The van der Waals surface area contributed by atoms with Crippen LogP contribution >= 0.6 is 24.0 Å². The summed E-state index contributed by atoms with van der Waals surface area (Å²) in [4.78, 5) is 4.59. The van der Waals surface area contributed by atoms with Crippen molar-refractivity contribution in [3.63, 3.8) is 0 Å². The predicted molar refractivity (Wildman–Crippen MR) is 102 cm³/mol. The molecule has 0 saturated heterocycles. The lowest BCUT2D eigenvalue weighted by molar-refractivity contribution is 0.146. The second kappa shape index (κ2) is 13.9. The zero-order valence-corrected chi connectivity index (χ0v) is 16.3. The fourth-order valence-electron chi connectivity index (χ4n) is 1.75. The normalized spacial score (nSPS) is 12.6. The molecule has 22 heavy (non-hydrogen) atoms. The Hall–Kier alpha value is -0.760. The second-order valence-electron chi connectivity index (χ2n) is 4.99. The van der Waals surface area contributed by atoms with Gasteiger partial charge in [0.2, 0.25) is 0 Å². The Balaban J connectivity index is 0.00000441. The number of guanidine groups is 1. The van der Waals surface area contributed by atoms with Gasteiger partial charge in [-0.3, -0.25) is 4.99 Å². The first kappa shape index (κ1) is 21.2. The quantitative estimate of drug-likeness (QED) is 0.263. The summed E-state index contributed by atoms with van der Waals surface area (Å²) in [6.07, 6.45) is 4.57. The molecule has 1 heterocycles. The first-order valence-electron chi connectivity index (χ1n) is 7.91. The van der Waals surface area contributed by atoms with E-state index in [0.29, 0.717) is 6.04 Å². The molecule has 0 aliphatic heterocycles. The molecule has 2 N–H and O–H groups in total. The number of nitrogens with zero attached hydrogens (tertiary/aromatic N) is 1. The fraction of sp³-hybridized carbons (Fsp3) is 0.688. The summed E-state index contributed by atoms with van der Waals surface area (Å²) in [5.74, 6) is 1.86. The van der Waals surface area contributed by atoms with Gasteiger partial charge in [0.1, 0.15) is 5.76 Å². The van der Waals surface area contributed by atoms with Crippen LogP contribution in [0.3, 0.4) is 0 Å². The number of hydrogen-bond acceptors (Lipinski definition) is 3. The van der Waals surface area contributed by atoms with E-state index in [1.54, 1.807) is 6.26 Å². The molecule has 128 valence electrons. The molecule has 1 aromatic heterocycles. The average Bonchev–Trinajstić information content (AvgIpc) is 2.99. The summed E-state index contributed by atoms with van der Waals surface area (Å²) < 4.78 is 10.7. The van der Waals surface area contributed by atoms with E-state index in [2.05, 4.69) is 29.5 Å². The molecule has 0 radical (unpaired) electrons. The lowest BCUT2D eigenvalue weighted by Crippen LogP contribution is -2.42. The van der Waals surface area contributed by atoms with E-state index in [1.807, 2.05) is 19.1 Å². The maximum absolute atomic E-state index is 5.33. The second-order valence-corrected chi connectivity index (χ2v) is 4.99. The van der Waals surface area contributed by atoms with E-state index < -0.39 is 0 Å². The molecule has 0 aromatic carbocycles. The van der Waals surface area contributed by atoms with Crippen molar-refractivity contribution in [2.45, 2.75) is 46.1 Å². The standard InChI is InChI=1S/C16H29N3O2.HI/c1-4-14(3)19-16(17-10-7-12-20-5-2)18-11-9-15-8-6-13-21-15;/h6,8,13-14H,4-5,7,9-12H2,1-3H3,(H2,17,18,19);1H.